The minimum absolute atomic E-state index is 0.229. The molecule has 74 valence electrons. The summed E-state index contributed by atoms with van der Waals surface area (Å²) in [6.07, 6.45) is 0.269. The van der Waals surface area contributed by atoms with Crippen LogP contribution in [0.5, 0.6) is 0 Å². The first-order valence-corrected chi connectivity index (χ1v) is 5.39. The first kappa shape index (κ1) is 9.62. The van der Waals surface area contributed by atoms with E-state index in [4.69, 9.17) is 0 Å². The lowest BCUT2D eigenvalue weighted by molar-refractivity contribution is 0.177. The van der Waals surface area contributed by atoms with E-state index in [0.717, 1.165) is 15.0 Å². The van der Waals surface area contributed by atoms with Gasteiger partial charge in [-0.15, -0.1) is 11.3 Å². The molecule has 1 atom stereocenters. The maximum absolute atomic E-state index is 12.9. The van der Waals surface area contributed by atoms with Crippen LogP contribution in [-0.2, 0) is 0 Å². The normalized spacial score (nSPS) is 13.4. The molecule has 1 heterocycles. The van der Waals surface area contributed by atoms with Crippen LogP contribution in [0, 0.1) is 5.82 Å². The highest BCUT2D eigenvalue weighted by molar-refractivity contribution is 7.19. The summed E-state index contributed by atoms with van der Waals surface area (Å²) in [6.45, 7) is 1.93. The molecule has 0 radical (unpaired) electrons. The van der Waals surface area contributed by atoms with Crippen molar-refractivity contribution in [2.45, 2.75) is 19.4 Å². The second-order valence-electron chi connectivity index (χ2n) is 3.25. The second kappa shape index (κ2) is 3.67. The minimum atomic E-state index is -0.421. The molecule has 0 aliphatic rings. The van der Waals surface area contributed by atoms with Crippen molar-refractivity contribution in [2.75, 3.05) is 0 Å². The average Bonchev–Trinajstić information content (AvgIpc) is 2.59. The molecule has 2 aromatic rings. The number of fused-ring (bicyclic) bond motifs is 1. The lowest BCUT2D eigenvalue weighted by atomic mass is 10.2. The highest BCUT2D eigenvalue weighted by Gasteiger charge is 2.09. The summed E-state index contributed by atoms with van der Waals surface area (Å²) >= 11 is 1.52. The van der Waals surface area contributed by atoms with Crippen molar-refractivity contribution in [1.29, 1.82) is 0 Å². The molecule has 0 aliphatic heterocycles. The average molecular weight is 210 g/mol. The zero-order chi connectivity index (χ0) is 10.1. The molecule has 0 saturated heterocycles. The van der Waals surface area contributed by atoms with Crippen LogP contribution >= 0.6 is 11.3 Å². The van der Waals surface area contributed by atoms with Gasteiger partial charge in [0.15, 0.2) is 0 Å². The fourth-order valence-corrected chi connectivity index (χ4v) is 2.51. The third-order valence-electron chi connectivity index (χ3n) is 2.21. The summed E-state index contributed by atoms with van der Waals surface area (Å²) in [5.41, 5.74) is 0. The molecule has 0 aliphatic carbocycles. The van der Waals surface area contributed by atoms with Crippen molar-refractivity contribution < 1.29 is 9.50 Å². The van der Waals surface area contributed by atoms with E-state index in [2.05, 4.69) is 0 Å². The van der Waals surface area contributed by atoms with E-state index in [1.807, 2.05) is 13.0 Å². The number of aliphatic hydroxyl groups excluding tert-OH is 1. The van der Waals surface area contributed by atoms with Gasteiger partial charge in [-0.3, -0.25) is 0 Å². The van der Waals surface area contributed by atoms with Gasteiger partial charge in [-0.1, -0.05) is 6.92 Å². The maximum Gasteiger partial charge on any atom is 0.123 e. The fraction of sp³-hybridized carbons (Fsp3) is 0.273. The highest BCUT2D eigenvalue weighted by atomic mass is 32.1. The van der Waals surface area contributed by atoms with Gasteiger partial charge in [0.2, 0.25) is 0 Å². The van der Waals surface area contributed by atoms with Crippen LogP contribution in [0.2, 0.25) is 0 Å². The number of benzene rings is 1. The first-order valence-electron chi connectivity index (χ1n) is 4.57. The van der Waals surface area contributed by atoms with E-state index in [0.29, 0.717) is 6.42 Å². The van der Waals surface area contributed by atoms with Crippen molar-refractivity contribution >= 4 is 21.4 Å². The molecule has 1 nitrogen and oxygen atoms in total. The predicted molar refractivity (Wildman–Crippen MR) is 57.0 cm³/mol. The zero-order valence-electron chi connectivity index (χ0n) is 7.83. The van der Waals surface area contributed by atoms with Crippen molar-refractivity contribution in [3.05, 3.63) is 35.0 Å². The molecule has 3 heteroatoms. The molecular formula is C11H11FOS. The molecular weight excluding hydrogens is 199 g/mol. The number of aliphatic hydroxyl groups is 1. The molecule has 0 bridgehead atoms. The van der Waals surface area contributed by atoms with E-state index in [1.54, 1.807) is 6.07 Å². The Labute approximate surface area is 85.8 Å². The number of halogens is 1. The van der Waals surface area contributed by atoms with Crippen LogP contribution in [0.1, 0.15) is 24.3 Å². The highest BCUT2D eigenvalue weighted by Crippen LogP contribution is 2.31. The molecule has 0 spiro atoms. The fourth-order valence-electron chi connectivity index (χ4n) is 1.40. The van der Waals surface area contributed by atoms with Crippen molar-refractivity contribution in [2.24, 2.45) is 0 Å². The Morgan fingerprint density at radius 3 is 2.93 bits per heavy atom. The van der Waals surface area contributed by atoms with Gasteiger partial charge in [0.1, 0.15) is 5.82 Å². The van der Waals surface area contributed by atoms with Gasteiger partial charge in [-0.05, 0) is 36.1 Å². The summed E-state index contributed by atoms with van der Waals surface area (Å²) in [4.78, 5) is 0.910. The molecule has 14 heavy (non-hydrogen) atoms. The standard InChI is InChI=1S/C11H11FOS/c1-2-9(13)11-6-7-5-8(12)3-4-10(7)14-11/h3-6,9,13H,2H2,1H3. The van der Waals surface area contributed by atoms with E-state index in [9.17, 15) is 9.50 Å². The quantitative estimate of drug-likeness (QED) is 0.804. The summed E-state index contributed by atoms with van der Waals surface area (Å²) in [7, 11) is 0. The number of thiophene rings is 1. The molecule has 1 aromatic heterocycles. The molecule has 0 fully saturated rings. The van der Waals surface area contributed by atoms with Crippen LogP contribution < -0.4 is 0 Å². The van der Waals surface area contributed by atoms with Crippen LogP contribution in [0.4, 0.5) is 4.39 Å². The zero-order valence-corrected chi connectivity index (χ0v) is 8.64. The predicted octanol–water partition coefficient (Wildman–Crippen LogP) is 3.48. The van der Waals surface area contributed by atoms with Crippen LogP contribution in [0.15, 0.2) is 24.3 Å². The Morgan fingerprint density at radius 1 is 1.43 bits per heavy atom. The molecule has 0 saturated carbocycles. The molecule has 2 rings (SSSR count). The van der Waals surface area contributed by atoms with Gasteiger partial charge >= 0.3 is 0 Å². The van der Waals surface area contributed by atoms with Gasteiger partial charge in [-0.25, -0.2) is 4.39 Å². The molecule has 1 N–H and O–H groups in total. The number of hydrogen-bond acceptors (Lipinski definition) is 2. The van der Waals surface area contributed by atoms with Gasteiger partial charge in [-0.2, -0.15) is 0 Å². The van der Waals surface area contributed by atoms with Crippen LogP contribution in [0.25, 0.3) is 10.1 Å². The monoisotopic (exact) mass is 210 g/mol. The van der Waals surface area contributed by atoms with Gasteiger partial charge in [0.05, 0.1) is 6.10 Å². The van der Waals surface area contributed by atoms with Crippen molar-refractivity contribution in [1.82, 2.24) is 0 Å². The van der Waals surface area contributed by atoms with Crippen LogP contribution in [0.3, 0.4) is 0 Å². The van der Waals surface area contributed by atoms with E-state index in [-0.39, 0.29) is 5.82 Å². The maximum atomic E-state index is 12.9. The summed E-state index contributed by atoms with van der Waals surface area (Å²) < 4.78 is 13.9. The van der Waals surface area contributed by atoms with Gasteiger partial charge < -0.3 is 5.11 Å². The third kappa shape index (κ3) is 1.65. The van der Waals surface area contributed by atoms with Gasteiger partial charge in [0, 0.05) is 9.58 Å². The lowest BCUT2D eigenvalue weighted by Gasteiger charge is -2.01. The Balaban J connectivity index is 2.51. The van der Waals surface area contributed by atoms with E-state index < -0.39 is 6.10 Å². The lowest BCUT2D eigenvalue weighted by Crippen LogP contribution is -1.89. The van der Waals surface area contributed by atoms with Crippen molar-refractivity contribution in [3.8, 4) is 0 Å². The first-order chi connectivity index (χ1) is 6.70. The van der Waals surface area contributed by atoms with Crippen molar-refractivity contribution in [3.63, 3.8) is 0 Å². The topological polar surface area (TPSA) is 20.2 Å². The molecule has 0 amide bonds. The van der Waals surface area contributed by atoms with E-state index >= 15 is 0 Å². The van der Waals surface area contributed by atoms with E-state index in [1.165, 1.54) is 23.5 Å². The largest absolute Gasteiger partial charge is 0.388 e. The Bertz CT molecular complexity index is 449. The number of rotatable bonds is 2. The summed E-state index contributed by atoms with van der Waals surface area (Å²) in [5.74, 6) is -0.229. The Morgan fingerprint density at radius 2 is 2.21 bits per heavy atom. The minimum Gasteiger partial charge on any atom is -0.388 e. The van der Waals surface area contributed by atoms with Crippen LogP contribution in [-0.4, -0.2) is 5.11 Å². The summed E-state index contributed by atoms with van der Waals surface area (Å²) in [5, 5.41) is 10.5. The van der Waals surface area contributed by atoms with Gasteiger partial charge in [0.25, 0.3) is 0 Å². The molecule has 1 aromatic carbocycles. The Hall–Kier alpha value is -0.930. The smallest absolute Gasteiger partial charge is 0.123 e. The molecule has 1 unspecified atom stereocenters. The summed E-state index contributed by atoms with van der Waals surface area (Å²) in [6, 6.07) is 6.55. The second-order valence-corrected chi connectivity index (χ2v) is 4.37. The number of hydrogen-bond donors (Lipinski definition) is 1. The third-order valence-corrected chi connectivity index (χ3v) is 3.43. The SMILES string of the molecule is CCC(O)c1cc2cc(F)ccc2s1. The Kier molecular flexibility index (Phi) is 2.52.